The van der Waals surface area contributed by atoms with E-state index in [0.29, 0.717) is 6.42 Å². The average Bonchev–Trinajstić information content (AvgIpc) is 2.86. The first-order chi connectivity index (χ1) is 16.4. The van der Waals surface area contributed by atoms with Gasteiger partial charge in [-0.3, -0.25) is 24.9 Å². The Hall–Kier alpha value is -4.10. The summed E-state index contributed by atoms with van der Waals surface area (Å²) in [5.74, 6) is -0.301. The first-order valence-corrected chi connectivity index (χ1v) is 11.1. The molecule has 7 nitrogen and oxygen atoms in total. The summed E-state index contributed by atoms with van der Waals surface area (Å²) in [5.41, 5.74) is 2.73. The van der Waals surface area contributed by atoms with Gasteiger partial charge in [-0.15, -0.1) is 0 Å². The number of aromatic nitrogens is 3. The molecule has 0 aliphatic carbocycles. The van der Waals surface area contributed by atoms with Gasteiger partial charge in [0.05, 0.1) is 17.3 Å². The minimum Gasteiger partial charge on any atom is -0.327 e. The molecule has 0 aliphatic rings. The molecular weight excluding hydrogens is 426 g/mol. The third kappa shape index (κ3) is 5.63. The Labute approximate surface area is 198 Å². The van der Waals surface area contributed by atoms with Gasteiger partial charge in [0.2, 0.25) is 5.91 Å². The van der Waals surface area contributed by atoms with Gasteiger partial charge in [0, 0.05) is 30.4 Å². The molecule has 172 valence electrons. The number of benzene rings is 1. The van der Waals surface area contributed by atoms with Crippen molar-refractivity contribution in [3.8, 4) is 11.1 Å². The molecule has 3 aromatic heterocycles. The van der Waals surface area contributed by atoms with Crippen molar-refractivity contribution in [1.29, 1.82) is 0 Å². The second-order valence-electron chi connectivity index (χ2n) is 8.58. The number of carbonyl (C=O) groups is 1. The van der Waals surface area contributed by atoms with Gasteiger partial charge >= 0.3 is 0 Å². The van der Waals surface area contributed by atoms with Crippen molar-refractivity contribution in [2.45, 2.75) is 31.8 Å². The summed E-state index contributed by atoms with van der Waals surface area (Å²) in [6.45, 7) is 3.97. The van der Waals surface area contributed by atoms with Crippen LogP contribution in [0.25, 0.3) is 11.1 Å². The standard InChI is InChI=1S/C27H27N5O2/c1-27(2,24-10-6-7-13-29-24)32-23(16-19-8-4-3-5-9-19)26(34)31-22-17-21(18-30-25(22)33)20-11-14-28-15-12-20/h3-15,17-18,23,32H,16H2,1-2H3,(H,30,33)(H,31,34)/t23-/m0/s1. The SMILES string of the molecule is CC(C)(N[C@@H](Cc1ccccc1)C(=O)Nc1cc(-c2ccncc2)c[nH]c1=O)c1ccccn1. The predicted octanol–water partition coefficient (Wildman–Crippen LogP) is 3.91. The summed E-state index contributed by atoms with van der Waals surface area (Å²) in [6, 6.07) is 20.2. The number of H-pyrrole nitrogens is 1. The van der Waals surface area contributed by atoms with Crippen LogP contribution in [0, 0.1) is 0 Å². The number of amides is 1. The number of pyridine rings is 3. The van der Waals surface area contributed by atoms with Crippen molar-refractivity contribution >= 4 is 11.6 Å². The van der Waals surface area contributed by atoms with Gasteiger partial charge in [-0.1, -0.05) is 36.4 Å². The number of carbonyl (C=O) groups excluding carboxylic acids is 1. The number of nitrogens with one attached hydrogen (secondary N) is 3. The molecule has 7 heteroatoms. The maximum atomic E-state index is 13.5. The third-order valence-corrected chi connectivity index (χ3v) is 5.61. The Morgan fingerprint density at radius 1 is 0.971 bits per heavy atom. The lowest BCUT2D eigenvalue weighted by atomic mass is 9.95. The van der Waals surface area contributed by atoms with Crippen molar-refractivity contribution in [2.75, 3.05) is 5.32 Å². The number of anilines is 1. The highest BCUT2D eigenvalue weighted by molar-refractivity contribution is 5.95. The summed E-state index contributed by atoms with van der Waals surface area (Å²) < 4.78 is 0. The van der Waals surface area contributed by atoms with Crippen LogP contribution in [0.3, 0.4) is 0 Å². The van der Waals surface area contributed by atoms with E-state index in [0.717, 1.165) is 22.4 Å². The zero-order valence-corrected chi connectivity index (χ0v) is 19.2. The van der Waals surface area contributed by atoms with Gasteiger partial charge in [-0.05, 0) is 61.7 Å². The molecule has 0 saturated heterocycles. The number of nitrogens with zero attached hydrogens (tertiary/aromatic N) is 2. The lowest BCUT2D eigenvalue weighted by Gasteiger charge is -2.31. The average molecular weight is 454 g/mol. The minimum absolute atomic E-state index is 0.190. The molecule has 0 bridgehead atoms. The van der Waals surface area contributed by atoms with E-state index in [-0.39, 0.29) is 17.2 Å². The van der Waals surface area contributed by atoms with E-state index < -0.39 is 11.6 Å². The second-order valence-corrected chi connectivity index (χ2v) is 8.58. The van der Waals surface area contributed by atoms with E-state index >= 15 is 0 Å². The summed E-state index contributed by atoms with van der Waals surface area (Å²) in [6.07, 6.45) is 7.16. The van der Waals surface area contributed by atoms with Crippen LogP contribution < -0.4 is 16.2 Å². The first-order valence-electron chi connectivity index (χ1n) is 11.1. The van der Waals surface area contributed by atoms with Gasteiger partial charge in [-0.25, -0.2) is 0 Å². The molecule has 4 rings (SSSR count). The smallest absolute Gasteiger partial charge is 0.271 e. The number of rotatable bonds is 8. The van der Waals surface area contributed by atoms with Crippen LogP contribution in [0.15, 0.2) is 96.3 Å². The Morgan fingerprint density at radius 2 is 1.71 bits per heavy atom. The van der Waals surface area contributed by atoms with Crippen molar-refractivity contribution in [1.82, 2.24) is 20.3 Å². The molecule has 0 fully saturated rings. The second kappa shape index (κ2) is 10.2. The monoisotopic (exact) mass is 453 g/mol. The molecule has 1 aromatic carbocycles. The number of hydrogen-bond donors (Lipinski definition) is 3. The van der Waals surface area contributed by atoms with Crippen molar-refractivity contribution in [2.24, 2.45) is 0 Å². The molecule has 4 aromatic rings. The molecule has 1 atom stereocenters. The quantitative estimate of drug-likeness (QED) is 0.376. The molecule has 0 radical (unpaired) electrons. The molecule has 0 spiro atoms. The molecular formula is C27H27N5O2. The number of aromatic amines is 1. The minimum atomic E-state index is -0.608. The fourth-order valence-corrected chi connectivity index (χ4v) is 3.81. The van der Waals surface area contributed by atoms with Gasteiger partial charge in [0.1, 0.15) is 5.69 Å². The van der Waals surface area contributed by atoms with Crippen LogP contribution in [-0.4, -0.2) is 26.9 Å². The molecule has 34 heavy (non-hydrogen) atoms. The van der Waals surface area contributed by atoms with Crippen LogP contribution in [0.2, 0.25) is 0 Å². The van der Waals surface area contributed by atoms with Crippen LogP contribution in [0.1, 0.15) is 25.1 Å². The van der Waals surface area contributed by atoms with Crippen LogP contribution in [0.4, 0.5) is 5.69 Å². The summed E-state index contributed by atoms with van der Waals surface area (Å²) in [5, 5.41) is 6.28. The van der Waals surface area contributed by atoms with E-state index in [1.54, 1.807) is 30.9 Å². The third-order valence-electron chi connectivity index (χ3n) is 5.61. The molecule has 0 unspecified atom stereocenters. The molecule has 0 aliphatic heterocycles. The molecule has 3 N–H and O–H groups in total. The molecule has 1 amide bonds. The normalized spacial score (nSPS) is 12.2. The van der Waals surface area contributed by atoms with Crippen LogP contribution >= 0.6 is 0 Å². The Kier molecular flexibility index (Phi) is 6.94. The van der Waals surface area contributed by atoms with Crippen molar-refractivity contribution < 1.29 is 4.79 Å². The largest absolute Gasteiger partial charge is 0.327 e. The summed E-state index contributed by atoms with van der Waals surface area (Å²) in [4.78, 5) is 37.2. The highest BCUT2D eigenvalue weighted by Gasteiger charge is 2.30. The van der Waals surface area contributed by atoms with Crippen LogP contribution in [0.5, 0.6) is 0 Å². The van der Waals surface area contributed by atoms with Gasteiger partial charge in [-0.2, -0.15) is 0 Å². The highest BCUT2D eigenvalue weighted by atomic mass is 16.2. The van der Waals surface area contributed by atoms with E-state index in [4.69, 9.17) is 0 Å². The van der Waals surface area contributed by atoms with E-state index in [2.05, 4.69) is 25.6 Å². The zero-order chi connectivity index (χ0) is 24.0. The maximum absolute atomic E-state index is 13.5. The zero-order valence-electron chi connectivity index (χ0n) is 19.2. The Morgan fingerprint density at radius 3 is 2.41 bits per heavy atom. The number of hydrogen-bond acceptors (Lipinski definition) is 5. The predicted molar refractivity (Wildman–Crippen MR) is 133 cm³/mol. The van der Waals surface area contributed by atoms with Crippen molar-refractivity contribution in [3.63, 3.8) is 0 Å². The summed E-state index contributed by atoms with van der Waals surface area (Å²) in [7, 11) is 0. The fraction of sp³-hybridized carbons (Fsp3) is 0.185. The molecule has 0 saturated carbocycles. The molecule has 3 heterocycles. The van der Waals surface area contributed by atoms with Gasteiger partial charge in [0.25, 0.3) is 5.56 Å². The van der Waals surface area contributed by atoms with Crippen molar-refractivity contribution in [3.05, 3.63) is 113 Å². The van der Waals surface area contributed by atoms with Crippen LogP contribution in [-0.2, 0) is 16.8 Å². The summed E-state index contributed by atoms with van der Waals surface area (Å²) >= 11 is 0. The Balaban J connectivity index is 1.61. The lowest BCUT2D eigenvalue weighted by Crippen LogP contribution is -2.51. The topological polar surface area (TPSA) is 99.8 Å². The highest BCUT2D eigenvalue weighted by Crippen LogP contribution is 2.21. The van der Waals surface area contributed by atoms with Gasteiger partial charge < -0.3 is 10.3 Å². The maximum Gasteiger partial charge on any atom is 0.271 e. The van der Waals surface area contributed by atoms with Gasteiger partial charge in [0.15, 0.2) is 0 Å². The van der Waals surface area contributed by atoms with E-state index in [1.165, 1.54) is 0 Å². The lowest BCUT2D eigenvalue weighted by molar-refractivity contribution is -0.118. The Bertz CT molecular complexity index is 1290. The van der Waals surface area contributed by atoms with E-state index in [9.17, 15) is 9.59 Å². The first kappa shape index (κ1) is 23.1. The van der Waals surface area contributed by atoms with E-state index in [1.807, 2.05) is 74.5 Å². The fourth-order valence-electron chi connectivity index (χ4n) is 3.81.